The third-order valence-electron chi connectivity index (χ3n) is 8.62. The molecule has 47 heavy (non-hydrogen) atoms. The van der Waals surface area contributed by atoms with Crippen LogP contribution in [-0.4, -0.2) is 60.4 Å². The lowest BCUT2D eigenvalue weighted by Gasteiger charge is -2.31. The number of carbonyl (C=O) groups is 3. The highest BCUT2D eigenvalue weighted by Gasteiger charge is 2.36. The molecule has 2 aromatic heterocycles. The number of ether oxygens (including phenoxy) is 2. The molecule has 0 radical (unpaired) electrons. The minimum absolute atomic E-state index is 0.0918. The molecule has 0 spiro atoms. The normalized spacial score (nSPS) is 15.1. The van der Waals surface area contributed by atoms with Gasteiger partial charge in [-0.25, -0.2) is 18.6 Å². The molecule has 4 heterocycles. The van der Waals surface area contributed by atoms with Crippen LogP contribution in [0, 0.1) is 13.8 Å². The molecule has 0 atom stereocenters. The molecular formula is C35H34F2N4O5S. The second-order valence-electron chi connectivity index (χ2n) is 11.8. The number of thiophene rings is 1. The lowest BCUT2D eigenvalue weighted by atomic mass is 9.93. The first-order valence-corrected chi connectivity index (χ1v) is 16.1. The number of nitrogens with zero attached hydrogens (tertiary/aromatic N) is 2. The van der Waals surface area contributed by atoms with Gasteiger partial charge in [0.2, 0.25) is 0 Å². The number of nitrogens with one attached hydrogen (secondary N) is 1. The minimum Gasteiger partial charge on any atom is -0.493 e. The van der Waals surface area contributed by atoms with Gasteiger partial charge in [-0.2, -0.15) is 0 Å². The largest absolute Gasteiger partial charge is 0.493 e. The number of carbonyl (C=O) groups excluding carboxylic acids is 3. The number of nitrogens with two attached hydrogens (primary N) is 1. The molecule has 2 aromatic carbocycles. The summed E-state index contributed by atoms with van der Waals surface area (Å²) in [6, 6.07) is 12.3. The average Bonchev–Trinajstić information content (AvgIpc) is 3.46. The Hall–Kier alpha value is -4.68. The first kappa shape index (κ1) is 32.3. The van der Waals surface area contributed by atoms with Gasteiger partial charge in [0.1, 0.15) is 11.4 Å². The first-order valence-electron chi connectivity index (χ1n) is 15.3. The Bertz CT molecular complexity index is 1870. The van der Waals surface area contributed by atoms with E-state index in [1.54, 1.807) is 23.5 Å². The number of hydrogen-bond donors (Lipinski definition) is 2. The molecule has 4 aromatic rings. The van der Waals surface area contributed by atoms with Gasteiger partial charge in [-0.3, -0.25) is 9.59 Å². The Balaban J connectivity index is 1.48. The zero-order valence-corrected chi connectivity index (χ0v) is 27.1. The highest BCUT2D eigenvalue weighted by atomic mass is 32.1. The number of fused-ring (bicyclic) bond motifs is 3. The van der Waals surface area contributed by atoms with Gasteiger partial charge in [0.15, 0.2) is 5.69 Å². The molecule has 1 saturated heterocycles. The number of amides is 2. The van der Waals surface area contributed by atoms with Crippen molar-refractivity contribution in [1.82, 2.24) is 9.88 Å². The molecule has 6 rings (SSSR count). The van der Waals surface area contributed by atoms with Crippen molar-refractivity contribution in [2.24, 2.45) is 5.73 Å². The van der Waals surface area contributed by atoms with Gasteiger partial charge >= 0.3 is 5.97 Å². The fourth-order valence-electron chi connectivity index (χ4n) is 6.12. The lowest BCUT2D eigenvalue weighted by Crippen LogP contribution is -2.43. The summed E-state index contributed by atoms with van der Waals surface area (Å²) >= 11 is 1.55. The minimum atomic E-state index is -2.83. The predicted molar refractivity (Wildman–Crippen MR) is 175 cm³/mol. The Labute approximate surface area is 274 Å². The number of aromatic nitrogens is 1. The maximum atomic E-state index is 14.2. The van der Waals surface area contributed by atoms with E-state index in [2.05, 4.69) is 10.3 Å². The summed E-state index contributed by atoms with van der Waals surface area (Å²) in [5, 5.41) is 5.06. The van der Waals surface area contributed by atoms with Crippen LogP contribution < -0.4 is 15.8 Å². The summed E-state index contributed by atoms with van der Waals surface area (Å²) in [5.74, 6) is -4.13. The van der Waals surface area contributed by atoms with Crippen LogP contribution in [0.5, 0.6) is 5.75 Å². The van der Waals surface area contributed by atoms with Crippen molar-refractivity contribution < 1.29 is 32.6 Å². The SMILES string of the molecule is COC(=O)c1nc(C(=O)N2CCC(F)(F)CC2)ccc1-c1cc2c(cc1C(=O)Nc1c(C)cc(CN)cc1C)-c1sccc1CCO2. The Morgan fingerprint density at radius 3 is 2.45 bits per heavy atom. The van der Waals surface area contributed by atoms with Crippen molar-refractivity contribution in [3.8, 4) is 27.3 Å². The third-order valence-corrected chi connectivity index (χ3v) is 9.61. The number of rotatable bonds is 6. The van der Waals surface area contributed by atoms with E-state index in [9.17, 15) is 23.2 Å². The van der Waals surface area contributed by atoms with Gasteiger partial charge in [0.05, 0.1) is 13.7 Å². The number of likely N-dealkylation sites (tertiary alicyclic amines) is 1. The van der Waals surface area contributed by atoms with E-state index < -0.39 is 36.5 Å². The Morgan fingerprint density at radius 2 is 1.77 bits per heavy atom. The van der Waals surface area contributed by atoms with Crippen molar-refractivity contribution in [3.63, 3.8) is 0 Å². The summed E-state index contributed by atoms with van der Waals surface area (Å²) < 4.78 is 38.7. The highest BCUT2D eigenvalue weighted by molar-refractivity contribution is 7.13. The van der Waals surface area contributed by atoms with Crippen molar-refractivity contribution in [2.75, 3.05) is 32.1 Å². The number of aryl methyl sites for hydroxylation is 2. The van der Waals surface area contributed by atoms with Crippen molar-refractivity contribution >= 4 is 34.8 Å². The molecule has 0 aliphatic carbocycles. The van der Waals surface area contributed by atoms with Crippen LogP contribution >= 0.6 is 11.3 Å². The molecule has 0 unspecified atom stereocenters. The quantitative estimate of drug-likeness (QED) is 0.230. The monoisotopic (exact) mass is 660 g/mol. The summed E-state index contributed by atoms with van der Waals surface area (Å²) in [7, 11) is 1.19. The highest BCUT2D eigenvalue weighted by Crippen LogP contribution is 2.43. The van der Waals surface area contributed by atoms with Crippen LogP contribution in [0.4, 0.5) is 14.5 Å². The van der Waals surface area contributed by atoms with Gasteiger partial charge in [-0.15, -0.1) is 11.3 Å². The van der Waals surface area contributed by atoms with Crippen molar-refractivity contribution in [3.05, 3.63) is 87.0 Å². The Kier molecular flexibility index (Phi) is 8.82. The smallest absolute Gasteiger partial charge is 0.357 e. The molecule has 2 amide bonds. The number of methoxy groups -OCH3 is 1. The van der Waals surface area contributed by atoms with Crippen LogP contribution in [-0.2, 0) is 17.7 Å². The van der Waals surface area contributed by atoms with Crippen LogP contribution in [0.2, 0.25) is 0 Å². The number of benzene rings is 2. The van der Waals surface area contributed by atoms with E-state index >= 15 is 0 Å². The maximum Gasteiger partial charge on any atom is 0.357 e. The molecule has 244 valence electrons. The van der Waals surface area contributed by atoms with Gasteiger partial charge in [0, 0.05) is 71.7 Å². The van der Waals surface area contributed by atoms with Crippen LogP contribution in [0.1, 0.15) is 66.4 Å². The number of esters is 1. The fourth-order valence-corrected chi connectivity index (χ4v) is 7.10. The lowest BCUT2D eigenvalue weighted by molar-refractivity contribution is -0.0495. The standard InChI is InChI=1S/C35H34F2N4O5S/c1-19-14-21(18-38)15-20(2)29(19)40-32(42)25-16-26-28(46-12-6-22-7-13-47-31(22)26)17-24(25)23-4-5-27(39-30(23)34(44)45-3)33(43)41-10-8-35(36,37)9-11-41/h4-5,7,13-17H,6,8-12,18,38H2,1-3H3,(H,40,42). The van der Waals surface area contributed by atoms with Crippen LogP contribution in [0.15, 0.2) is 47.8 Å². The number of anilines is 1. The molecule has 0 bridgehead atoms. The molecule has 0 saturated carbocycles. The topological polar surface area (TPSA) is 124 Å². The number of hydrogen-bond acceptors (Lipinski definition) is 8. The van der Waals surface area contributed by atoms with E-state index in [0.717, 1.165) is 32.7 Å². The van der Waals surface area contributed by atoms with Crippen molar-refractivity contribution in [2.45, 2.75) is 45.6 Å². The predicted octanol–water partition coefficient (Wildman–Crippen LogP) is 6.40. The molecule has 2 aliphatic rings. The number of halogens is 2. The van der Waals surface area contributed by atoms with Gasteiger partial charge < -0.3 is 25.4 Å². The summed E-state index contributed by atoms with van der Waals surface area (Å²) in [5.41, 5.74) is 11.5. The second-order valence-corrected chi connectivity index (χ2v) is 12.7. The van der Waals surface area contributed by atoms with Gasteiger partial charge in [-0.05, 0) is 71.8 Å². The summed E-state index contributed by atoms with van der Waals surface area (Å²) in [6.07, 6.45) is -0.216. The van der Waals surface area contributed by atoms with E-state index in [1.807, 2.05) is 37.4 Å². The van der Waals surface area contributed by atoms with Crippen LogP contribution in [0.3, 0.4) is 0 Å². The molecule has 1 fully saturated rings. The Morgan fingerprint density at radius 1 is 1.04 bits per heavy atom. The van der Waals surface area contributed by atoms with E-state index in [0.29, 0.717) is 36.6 Å². The zero-order valence-electron chi connectivity index (χ0n) is 26.2. The summed E-state index contributed by atoms with van der Waals surface area (Å²) in [6.45, 7) is 4.29. The summed E-state index contributed by atoms with van der Waals surface area (Å²) in [4.78, 5) is 47.4. The molecule has 12 heteroatoms. The third kappa shape index (κ3) is 6.35. The van der Waals surface area contributed by atoms with E-state index in [4.69, 9.17) is 15.2 Å². The molecule has 3 N–H and O–H groups in total. The molecule has 9 nitrogen and oxygen atoms in total. The zero-order chi connectivity index (χ0) is 33.5. The molecule has 2 aliphatic heterocycles. The fraction of sp³-hybridized carbons (Fsp3) is 0.314. The average molecular weight is 661 g/mol. The van der Waals surface area contributed by atoms with Gasteiger partial charge in [-0.1, -0.05) is 12.1 Å². The number of piperidine rings is 1. The first-order chi connectivity index (χ1) is 22.5. The molecular weight excluding hydrogens is 626 g/mol. The maximum absolute atomic E-state index is 14.2. The van der Waals surface area contributed by atoms with E-state index in [1.165, 1.54) is 24.1 Å². The van der Waals surface area contributed by atoms with Crippen LogP contribution in [0.25, 0.3) is 21.6 Å². The van der Waals surface area contributed by atoms with E-state index in [-0.39, 0.29) is 35.6 Å². The number of pyridine rings is 1. The second kappa shape index (κ2) is 12.8. The van der Waals surface area contributed by atoms with Gasteiger partial charge in [0.25, 0.3) is 17.7 Å². The number of alkyl halides is 2. The van der Waals surface area contributed by atoms with Crippen molar-refractivity contribution in [1.29, 1.82) is 0 Å².